The van der Waals surface area contributed by atoms with Crippen LogP contribution in [0.4, 0.5) is 18.9 Å². The molecule has 9 heteroatoms. The maximum absolute atomic E-state index is 12.5. The number of nitrogens with one attached hydrogen (secondary N) is 1. The third-order valence-corrected chi connectivity index (χ3v) is 4.52. The van der Waals surface area contributed by atoms with E-state index in [2.05, 4.69) is 5.32 Å². The van der Waals surface area contributed by atoms with Crippen LogP contribution in [0.3, 0.4) is 0 Å². The standard InChI is InChI=1S/C15H11ClF3NO3S/c1-24(22,23)11-6-7-13(16)12(8-11)14(21)20-10-4-2-9(3-5-10)15(17,18)19/h2-8H,1H3,(H,20,21). The Kier molecular flexibility index (Phi) is 4.91. The van der Waals surface area contributed by atoms with Gasteiger partial charge in [-0.05, 0) is 42.5 Å². The smallest absolute Gasteiger partial charge is 0.322 e. The van der Waals surface area contributed by atoms with E-state index >= 15 is 0 Å². The van der Waals surface area contributed by atoms with Gasteiger partial charge >= 0.3 is 6.18 Å². The first-order valence-electron chi connectivity index (χ1n) is 6.47. The molecule has 0 aliphatic carbocycles. The fourth-order valence-electron chi connectivity index (χ4n) is 1.85. The van der Waals surface area contributed by atoms with Crippen LogP contribution >= 0.6 is 11.6 Å². The van der Waals surface area contributed by atoms with Crippen molar-refractivity contribution in [3.63, 3.8) is 0 Å². The molecule has 2 aromatic rings. The maximum Gasteiger partial charge on any atom is 0.416 e. The van der Waals surface area contributed by atoms with Gasteiger partial charge in [0, 0.05) is 11.9 Å². The van der Waals surface area contributed by atoms with E-state index in [0.717, 1.165) is 36.6 Å². The zero-order valence-electron chi connectivity index (χ0n) is 12.2. The van der Waals surface area contributed by atoms with Gasteiger partial charge in [0.05, 0.1) is 21.0 Å². The number of hydrogen-bond donors (Lipinski definition) is 1. The van der Waals surface area contributed by atoms with E-state index < -0.39 is 27.5 Å². The second-order valence-electron chi connectivity index (χ2n) is 4.94. The number of benzene rings is 2. The zero-order chi connectivity index (χ0) is 18.1. The molecule has 0 atom stereocenters. The molecule has 0 aliphatic heterocycles. The molecule has 24 heavy (non-hydrogen) atoms. The molecule has 4 nitrogen and oxygen atoms in total. The number of halogens is 4. The van der Waals surface area contributed by atoms with Crippen molar-refractivity contribution in [1.29, 1.82) is 0 Å². The minimum Gasteiger partial charge on any atom is -0.322 e. The van der Waals surface area contributed by atoms with Crippen LogP contribution in [0.5, 0.6) is 0 Å². The molecule has 0 aliphatic rings. The van der Waals surface area contributed by atoms with E-state index in [1.807, 2.05) is 0 Å². The van der Waals surface area contributed by atoms with Crippen molar-refractivity contribution in [2.24, 2.45) is 0 Å². The van der Waals surface area contributed by atoms with Crippen molar-refractivity contribution < 1.29 is 26.4 Å². The van der Waals surface area contributed by atoms with Crippen LogP contribution in [-0.2, 0) is 16.0 Å². The summed E-state index contributed by atoms with van der Waals surface area (Å²) in [6.45, 7) is 0. The van der Waals surface area contributed by atoms with E-state index in [4.69, 9.17) is 11.6 Å². The second kappa shape index (κ2) is 6.45. The van der Waals surface area contributed by atoms with E-state index in [0.29, 0.717) is 0 Å². The summed E-state index contributed by atoms with van der Waals surface area (Å²) in [6, 6.07) is 7.46. The molecule has 0 fully saturated rings. The fourth-order valence-corrected chi connectivity index (χ4v) is 2.70. The van der Waals surface area contributed by atoms with Gasteiger partial charge in [0.15, 0.2) is 9.84 Å². The summed E-state index contributed by atoms with van der Waals surface area (Å²) >= 11 is 5.89. The largest absolute Gasteiger partial charge is 0.416 e. The molecule has 2 rings (SSSR count). The summed E-state index contributed by atoms with van der Waals surface area (Å²) in [6.07, 6.45) is -3.50. The molecule has 128 valence electrons. The van der Waals surface area contributed by atoms with Crippen LogP contribution in [0.25, 0.3) is 0 Å². The monoisotopic (exact) mass is 377 g/mol. The molecular formula is C15H11ClF3NO3S. The molecule has 1 amide bonds. The summed E-state index contributed by atoms with van der Waals surface area (Å²) in [5.41, 5.74) is -0.828. The average molecular weight is 378 g/mol. The van der Waals surface area contributed by atoms with Crippen LogP contribution in [0, 0.1) is 0 Å². The van der Waals surface area contributed by atoms with E-state index in [1.54, 1.807) is 0 Å². The van der Waals surface area contributed by atoms with Crippen LogP contribution < -0.4 is 5.32 Å². The van der Waals surface area contributed by atoms with Gasteiger partial charge in [0.25, 0.3) is 5.91 Å². The molecule has 0 radical (unpaired) electrons. The molecule has 0 bridgehead atoms. The number of amides is 1. The first kappa shape index (κ1) is 18.3. The fraction of sp³-hybridized carbons (Fsp3) is 0.133. The number of hydrogen-bond acceptors (Lipinski definition) is 3. The van der Waals surface area contributed by atoms with Gasteiger partial charge in [0.1, 0.15) is 0 Å². The van der Waals surface area contributed by atoms with Crippen molar-refractivity contribution in [1.82, 2.24) is 0 Å². The Bertz CT molecular complexity index is 878. The zero-order valence-corrected chi connectivity index (χ0v) is 13.8. The highest BCUT2D eigenvalue weighted by Crippen LogP contribution is 2.30. The molecule has 0 saturated heterocycles. The van der Waals surface area contributed by atoms with Gasteiger partial charge in [-0.15, -0.1) is 0 Å². The summed E-state index contributed by atoms with van der Waals surface area (Å²) in [5.74, 6) is -0.731. The lowest BCUT2D eigenvalue weighted by atomic mass is 10.1. The molecule has 0 unspecified atom stereocenters. The molecule has 0 aromatic heterocycles. The Labute approximate surface area is 141 Å². The Morgan fingerprint density at radius 2 is 1.67 bits per heavy atom. The van der Waals surface area contributed by atoms with Gasteiger partial charge in [-0.25, -0.2) is 8.42 Å². The summed E-state index contributed by atoms with van der Waals surface area (Å²) in [4.78, 5) is 12.1. The van der Waals surface area contributed by atoms with E-state index in [9.17, 15) is 26.4 Å². The minimum absolute atomic E-state index is 0.0202. The van der Waals surface area contributed by atoms with Crippen molar-refractivity contribution in [3.8, 4) is 0 Å². The van der Waals surface area contributed by atoms with Gasteiger partial charge < -0.3 is 5.32 Å². The molecule has 1 N–H and O–H groups in total. The van der Waals surface area contributed by atoms with Crippen molar-refractivity contribution in [2.75, 3.05) is 11.6 Å². The highest BCUT2D eigenvalue weighted by molar-refractivity contribution is 7.90. The van der Waals surface area contributed by atoms with Crippen LogP contribution in [-0.4, -0.2) is 20.6 Å². The normalized spacial score (nSPS) is 12.0. The number of carbonyl (C=O) groups excluding carboxylic acids is 1. The maximum atomic E-state index is 12.5. The number of carbonyl (C=O) groups is 1. The number of rotatable bonds is 3. The van der Waals surface area contributed by atoms with E-state index in [1.165, 1.54) is 12.1 Å². The topological polar surface area (TPSA) is 63.2 Å². The highest BCUT2D eigenvalue weighted by atomic mass is 35.5. The molecule has 2 aromatic carbocycles. The van der Waals surface area contributed by atoms with Crippen molar-refractivity contribution in [2.45, 2.75) is 11.1 Å². The average Bonchev–Trinajstić information content (AvgIpc) is 2.46. The van der Waals surface area contributed by atoms with Gasteiger partial charge in [0.2, 0.25) is 0 Å². The van der Waals surface area contributed by atoms with Crippen LogP contribution in [0.1, 0.15) is 15.9 Å². The quantitative estimate of drug-likeness (QED) is 0.878. The third-order valence-electron chi connectivity index (χ3n) is 3.08. The Morgan fingerprint density at radius 1 is 1.08 bits per heavy atom. The third kappa shape index (κ3) is 4.27. The van der Waals surface area contributed by atoms with Gasteiger partial charge in [-0.3, -0.25) is 4.79 Å². The first-order valence-corrected chi connectivity index (χ1v) is 8.73. The van der Waals surface area contributed by atoms with Crippen LogP contribution in [0.15, 0.2) is 47.4 Å². The molecule has 0 heterocycles. The van der Waals surface area contributed by atoms with Crippen molar-refractivity contribution >= 4 is 33.0 Å². The number of alkyl halides is 3. The second-order valence-corrected chi connectivity index (χ2v) is 7.37. The lowest BCUT2D eigenvalue weighted by Crippen LogP contribution is -2.14. The number of anilines is 1. The predicted molar refractivity (Wildman–Crippen MR) is 84.0 cm³/mol. The highest BCUT2D eigenvalue weighted by Gasteiger charge is 2.30. The molecule has 0 spiro atoms. The lowest BCUT2D eigenvalue weighted by Gasteiger charge is -2.10. The molecular weight excluding hydrogens is 367 g/mol. The summed E-state index contributed by atoms with van der Waals surface area (Å²) in [5, 5.41) is 2.39. The first-order chi connectivity index (χ1) is 11.0. The molecule has 0 saturated carbocycles. The Balaban J connectivity index is 2.27. The Morgan fingerprint density at radius 3 is 2.17 bits per heavy atom. The van der Waals surface area contributed by atoms with Gasteiger partial charge in [-0.2, -0.15) is 13.2 Å². The van der Waals surface area contributed by atoms with Crippen molar-refractivity contribution in [3.05, 3.63) is 58.6 Å². The van der Waals surface area contributed by atoms with Crippen LogP contribution in [0.2, 0.25) is 5.02 Å². The number of sulfone groups is 1. The summed E-state index contributed by atoms with van der Waals surface area (Å²) in [7, 11) is -3.53. The van der Waals surface area contributed by atoms with E-state index in [-0.39, 0.29) is 21.2 Å². The SMILES string of the molecule is CS(=O)(=O)c1ccc(Cl)c(C(=O)Nc2ccc(C(F)(F)F)cc2)c1. The summed E-state index contributed by atoms with van der Waals surface area (Å²) < 4.78 is 60.5. The lowest BCUT2D eigenvalue weighted by molar-refractivity contribution is -0.137. The van der Waals surface area contributed by atoms with Gasteiger partial charge in [-0.1, -0.05) is 11.6 Å². The minimum atomic E-state index is -4.48. The predicted octanol–water partition coefficient (Wildman–Crippen LogP) is 4.01. The Hall–Kier alpha value is -2.06.